The first kappa shape index (κ1) is 11.4. The van der Waals surface area contributed by atoms with Crippen molar-refractivity contribution in [3.05, 3.63) is 48.6 Å². The molecule has 0 bridgehead atoms. The SMILES string of the molecule is C=C[C@@H](C)C[C@H](O)[C@H]1O[C@H]1c1ccccc1. The van der Waals surface area contributed by atoms with Crippen molar-refractivity contribution < 1.29 is 9.84 Å². The molecule has 0 saturated carbocycles. The van der Waals surface area contributed by atoms with Crippen LogP contribution in [0.2, 0.25) is 0 Å². The third kappa shape index (κ3) is 2.52. The van der Waals surface area contributed by atoms with Gasteiger partial charge in [0, 0.05) is 0 Å². The molecule has 2 nitrogen and oxygen atoms in total. The van der Waals surface area contributed by atoms with Crippen molar-refractivity contribution in [2.24, 2.45) is 5.92 Å². The number of benzene rings is 1. The van der Waals surface area contributed by atoms with Gasteiger partial charge < -0.3 is 9.84 Å². The molecule has 2 heteroatoms. The molecule has 0 aliphatic carbocycles. The van der Waals surface area contributed by atoms with Crippen LogP contribution in [0.25, 0.3) is 0 Å². The van der Waals surface area contributed by atoms with E-state index in [-0.39, 0.29) is 12.2 Å². The first-order valence-electron chi connectivity index (χ1n) is 5.73. The molecule has 1 N–H and O–H groups in total. The lowest BCUT2D eigenvalue weighted by atomic mass is 9.99. The molecular formula is C14H18O2. The van der Waals surface area contributed by atoms with E-state index in [0.717, 1.165) is 12.0 Å². The van der Waals surface area contributed by atoms with Gasteiger partial charge in [-0.3, -0.25) is 0 Å². The fourth-order valence-electron chi connectivity index (χ4n) is 1.94. The Balaban J connectivity index is 1.89. The van der Waals surface area contributed by atoms with Gasteiger partial charge in [0.15, 0.2) is 0 Å². The molecule has 0 aromatic heterocycles. The van der Waals surface area contributed by atoms with Gasteiger partial charge in [-0.25, -0.2) is 0 Å². The van der Waals surface area contributed by atoms with Crippen molar-refractivity contribution in [1.82, 2.24) is 0 Å². The van der Waals surface area contributed by atoms with Crippen LogP contribution in [0.1, 0.15) is 25.0 Å². The summed E-state index contributed by atoms with van der Waals surface area (Å²) in [4.78, 5) is 0. The van der Waals surface area contributed by atoms with E-state index in [1.807, 2.05) is 36.4 Å². The Morgan fingerprint density at radius 3 is 2.75 bits per heavy atom. The average molecular weight is 218 g/mol. The maximum absolute atomic E-state index is 9.95. The molecular weight excluding hydrogens is 200 g/mol. The fraction of sp³-hybridized carbons (Fsp3) is 0.429. The van der Waals surface area contributed by atoms with Crippen molar-refractivity contribution in [2.45, 2.75) is 31.7 Å². The Kier molecular flexibility index (Phi) is 3.42. The highest BCUT2D eigenvalue weighted by Crippen LogP contribution is 2.41. The topological polar surface area (TPSA) is 32.8 Å². The van der Waals surface area contributed by atoms with Crippen molar-refractivity contribution in [3.63, 3.8) is 0 Å². The van der Waals surface area contributed by atoms with Crippen molar-refractivity contribution >= 4 is 0 Å². The van der Waals surface area contributed by atoms with Crippen LogP contribution in [0.4, 0.5) is 0 Å². The number of epoxide rings is 1. The van der Waals surface area contributed by atoms with E-state index >= 15 is 0 Å². The minimum absolute atomic E-state index is 0.0372. The van der Waals surface area contributed by atoms with E-state index < -0.39 is 6.10 Å². The van der Waals surface area contributed by atoms with Gasteiger partial charge >= 0.3 is 0 Å². The smallest absolute Gasteiger partial charge is 0.115 e. The number of ether oxygens (including phenoxy) is 1. The van der Waals surface area contributed by atoms with Crippen LogP contribution < -0.4 is 0 Å². The Hall–Kier alpha value is -1.12. The summed E-state index contributed by atoms with van der Waals surface area (Å²) >= 11 is 0. The van der Waals surface area contributed by atoms with Crippen molar-refractivity contribution in [2.75, 3.05) is 0 Å². The van der Waals surface area contributed by atoms with E-state index in [1.54, 1.807) is 0 Å². The lowest BCUT2D eigenvalue weighted by molar-refractivity contribution is 0.117. The van der Waals surface area contributed by atoms with Crippen molar-refractivity contribution in [3.8, 4) is 0 Å². The summed E-state index contributed by atoms with van der Waals surface area (Å²) < 4.78 is 5.53. The third-order valence-corrected chi connectivity index (χ3v) is 3.05. The molecule has 4 atom stereocenters. The first-order valence-corrected chi connectivity index (χ1v) is 5.73. The molecule has 1 aromatic carbocycles. The molecule has 1 aliphatic rings. The predicted molar refractivity (Wildman–Crippen MR) is 64.0 cm³/mol. The second-order valence-electron chi connectivity index (χ2n) is 4.45. The molecule has 16 heavy (non-hydrogen) atoms. The Morgan fingerprint density at radius 2 is 2.12 bits per heavy atom. The van der Waals surface area contributed by atoms with Crippen LogP contribution in [0.3, 0.4) is 0 Å². The Labute approximate surface area is 96.6 Å². The molecule has 0 spiro atoms. The highest BCUT2D eigenvalue weighted by atomic mass is 16.6. The Morgan fingerprint density at radius 1 is 1.44 bits per heavy atom. The number of aliphatic hydroxyl groups is 1. The number of hydrogen-bond donors (Lipinski definition) is 1. The molecule has 0 unspecified atom stereocenters. The highest BCUT2D eigenvalue weighted by Gasteiger charge is 2.45. The van der Waals surface area contributed by atoms with E-state index in [4.69, 9.17) is 4.74 Å². The lowest BCUT2D eigenvalue weighted by Gasteiger charge is -2.10. The zero-order valence-electron chi connectivity index (χ0n) is 9.54. The first-order chi connectivity index (χ1) is 7.72. The summed E-state index contributed by atoms with van der Waals surface area (Å²) in [5, 5.41) is 9.95. The van der Waals surface area contributed by atoms with Gasteiger partial charge in [0.1, 0.15) is 12.2 Å². The van der Waals surface area contributed by atoms with Crippen LogP contribution in [0.15, 0.2) is 43.0 Å². The number of allylic oxidation sites excluding steroid dienone is 1. The van der Waals surface area contributed by atoms with Crippen LogP contribution in [0, 0.1) is 5.92 Å². The molecule has 1 heterocycles. The molecule has 0 radical (unpaired) electrons. The predicted octanol–water partition coefficient (Wildman–Crippen LogP) is 2.70. The largest absolute Gasteiger partial charge is 0.390 e. The van der Waals surface area contributed by atoms with Gasteiger partial charge in [-0.05, 0) is 17.9 Å². The molecule has 1 aromatic rings. The normalized spacial score (nSPS) is 27.1. The molecule has 2 rings (SSSR count). The quantitative estimate of drug-likeness (QED) is 0.609. The van der Waals surface area contributed by atoms with Crippen LogP contribution >= 0.6 is 0 Å². The van der Waals surface area contributed by atoms with Gasteiger partial charge in [-0.1, -0.05) is 43.3 Å². The van der Waals surface area contributed by atoms with Gasteiger partial charge in [-0.2, -0.15) is 0 Å². The van der Waals surface area contributed by atoms with Crippen LogP contribution in [-0.4, -0.2) is 17.3 Å². The van der Waals surface area contributed by atoms with Crippen LogP contribution in [-0.2, 0) is 4.74 Å². The maximum atomic E-state index is 9.95. The van der Waals surface area contributed by atoms with Crippen molar-refractivity contribution in [1.29, 1.82) is 0 Å². The zero-order chi connectivity index (χ0) is 11.5. The van der Waals surface area contributed by atoms with Gasteiger partial charge in [0.05, 0.1) is 6.10 Å². The monoisotopic (exact) mass is 218 g/mol. The fourth-order valence-corrected chi connectivity index (χ4v) is 1.94. The molecule has 0 amide bonds. The van der Waals surface area contributed by atoms with E-state index in [0.29, 0.717) is 5.92 Å². The molecule has 1 saturated heterocycles. The molecule has 1 fully saturated rings. The van der Waals surface area contributed by atoms with Gasteiger partial charge in [-0.15, -0.1) is 6.58 Å². The van der Waals surface area contributed by atoms with E-state index in [1.165, 1.54) is 0 Å². The highest BCUT2D eigenvalue weighted by molar-refractivity contribution is 5.22. The third-order valence-electron chi connectivity index (χ3n) is 3.05. The van der Waals surface area contributed by atoms with Gasteiger partial charge in [0.25, 0.3) is 0 Å². The number of rotatable bonds is 5. The minimum Gasteiger partial charge on any atom is -0.390 e. The number of aliphatic hydroxyl groups excluding tert-OH is 1. The summed E-state index contributed by atoms with van der Waals surface area (Å²) in [5.41, 5.74) is 1.15. The average Bonchev–Trinajstić information content (AvgIpc) is 3.10. The lowest BCUT2D eigenvalue weighted by Crippen LogP contribution is -2.17. The minimum atomic E-state index is -0.391. The van der Waals surface area contributed by atoms with Crippen LogP contribution in [0.5, 0.6) is 0 Å². The Bertz CT molecular complexity index is 347. The van der Waals surface area contributed by atoms with E-state index in [9.17, 15) is 5.11 Å². The summed E-state index contributed by atoms with van der Waals surface area (Å²) in [5.74, 6) is 0.329. The molecule has 86 valence electrons. The summed E-state index contributed by atoms with van der Waals surface area (Å²) in [6.45, 7) is 5.77. The zero-order valence-corrected chi connectivity index (χ0v) is 9.54. The summed E-state index contributed by atoms with van der Waals surface area (Å²) in [6.07, 6.45) is 2.23. The van der Waals surface area contributed by atoms with E-state index in [2.05, 4.69) is 13.5 Å². The maximum Gasteiger partial charge on any atom is 0.115 e. The summed E-state index contributed by atoms with van der Waals surface area (Å²) in [7, 11) is 0. The molecule has 1 aliphatic heterocycles. The number of hydrogen-bond acceptors (Lipinski definition) is 2. The second-order valence-corrected chi connectivity index (χ2v) is 4.45. The summed E-state index contributed by atoms with van der Waals surface area (Å²) in [6, 6.07) is 10.0. The second kappa shape index (κ2) is 4.81. The van der Waals surface area contributed by atoms with Gasteiger partial charge in [0.2, 0.25) is 0 Å². The standard InChI is InChI=1S/C14H18O2/c1-3-10(2)9-12(15)14-13(16-14)11-7-5-4-6-8-11/h3-8,10,12-15H,1,9H2,2H3/t10-,12+,13+,14-/m1/s1.